The fourth-order valence-corrected chi connectivity index (χ4v) is 4.05. The van der Waals surface area contributed by atoms with Gasteiger partial charge in [0.2, 0.25) is 5.91 Å². The van der Waals surface area contributed by atoms with Gasteiger partial charge in [-0.2, -0.15) is 0 Å². The number of carbonyl (C=O) groups excluding carboxylic acids is 2. The third-order valence-corrected chi connectivity index (χ3v) is 5.75. The number of imide groups is 1. The number of benzene rings is 1. The SMILES string of the molecule is Cc1cccc(CN2CCN(C(C)C(=O)NC(=O)NC3CCCC3)CC2)c1. The fourth-order valence-electron chi connectivity index (χ4n) is 4.05. The Balaban J connectivity index is 1.41. The smallest absolute Gasteiger partial charge is 0.321 e. The van der Waals surface area contributed by atoms with Crippen molar-refractivity contribution in [2.45, 2.75) is 58.2 Å². The highest BCUT2D eigenvalue weighted by Gasteiger charge is 2.27. The van der Waals surface area contributed by atoms with Gasteiger partial charge in [-0.15, -0.1) is 0 Å². The van der Waals surface area contributed by atoms with Crippen LogP contribution in [-0.4, -0.2) is 60.0 Å². The zero-order valence-electron chi connectivity index (χ0n) is 16.5. The first-order valence-corrected chi connectivity index (χ1v) is 10.1. The van der Waals surface area contributed by atoms with Gasteiger partial charge in [0.05, 0.1) is 6.04 Å². The molecule has 1 aromatic carbocycles. The van der Waals surface area contributed by atoms with Gasteiger partial charge in [0.25, 0.3) is 0 Å². The van der Waals surface area contributed by atoms with Crippen molar-refractivity contribution in [2.24, 2.45) is 0 Å². The molecule has 3 rings (SSSR count). The second-order valence-corrected chi connectivity index (χ2v) is 7.92. The van der Waals surface area contributed by atoms with Crippen LogP contribution in [0.5, 0.6) is 0 Å². The van der Waals surface area contributed by atoms with Crippen molar-refractivity contribution in [1.82, 2.24) is 20.4 Å². The summed E-state index contributed by atoms with van der Waals surface area (Å²) in [4.78, 5) is 29.0. The second kappa shape index (κ2) is 9.33. The van der Waals surface area contributed by atoms with Crippen LogP contribution in [0, 0.1) is 6.92 Å². The molecule has 1 heterocycles. The molecule has 6 nitrogen and oxygen atoms in total. The van der Waals surface area contributed by atoms with Crippen LogP contribution in [0.1, 0.15) is 43.7 Å². The number of rotatable bonds is 5. The lowest BCUT2D eigenvalue weighted by Crippen LogP contribution is -2.55. The Kier molecular flexibility index (Phi) is 6.85. The summed E-state index contributed by atoms with van der Waals surface area (Å²) in [6.07, 6.45) is 4.34. The molecule has 1 atom stereocenters. The Morgan fingerprint density at radius 2 is 1.85 bits per heavy atom. The minimum atomic E-state index is -0.350. The van der Waals surface area contributed by atoms with Gasteiger partial charge in [0, 0.05) is 38.8 Å². The number of aryl methyl sites for hydroxylation is 1. The van der Waals surface area contributed by atoms with Gasteiger partial charge in [0.15, 0.2) is 0 Å². The minimum Gasteiger partial charge on any atom is -0.335 e. The van der Waals surface area contributed by atoms with Crippen LogP contribution in [0.15, 0.2) is 24.3 Å². The molecule has 1 aliphatic carbocycles. The summed E-state index contributed by atoms with van der Waals surface area (Å²) in [6.45, 7) is 8.48. The Labute approximate surface area is 162 Å². The van der Waals surface area contributed by atoms with Crippen molar-refractivity contribution in [1.29, 1.82) is 0 Å². The van der Waals surface area contributed by atoms with Gasteiger partial charge in [-0.25, -0.2) is 4.79 Å². The number of piperazine rings is 1. The van der Waals surface area contributed by atoms with Crippen LogP contribution >= 0.6 is 0 Å². The maximum atomic E-state index is 12.4. The van der Waals surface area contributed by atoms with Crippen LogP contribution in [0.25, 0.3) is 0 Å². The third kappa shape index (κ3) is 5.78. The van der Waals surface area contributed by atoms with E-state index in [0.29, 0.717) is 0 Å². The standard InChI is InChI=1S/C21H32N4O2/c1-16-6-5-7-18(14-16)15-24-10-12-25(13-11-24)17(2)20(26)23-21(27)22-19-8-3-4-9-19/h5-7,14,17,19H,3-4,8-13,15H2,1-2H3,(H2,22,23,26,27). The summed E-state index contributed by atoms with van der Waals surface area (Å²) in [5.41, 5.74) is 2.62. The molecule has 6 heteroatoms. The molecular formula is C21H32N4O2. The van der Waals surface area contributed by atoms with Crippen molar-refractivity contribution in [2.75, 3.05) is 26.2 Å². The van der Waals surface area contributed by atoms with E-state index in [1.54, 1.807) is 0 Å². The van der Waals surface area contributed by atoms with E-state index < -0.39 is 0 Å². The molecule has 1 aliphatic heterocycles. The van der Waals surface area contributed by atoms with Gasteiger partial charge in [0.1, 0.15) is 0 Å². The number of carbonyl (C=O) groups is 2. The Morgan fingerprint density at radius 3 is 2.52 bits per heavy atom. The summed E-state index contributed by atoms with van der Waals surface area (Å²) in [5.74, 6) is -0.211. The zero-order chi connectivity index (χ0) is 19.2. The van der Waals surface area contributed by atoms with E-state index >= 15 is 0 Å². The van der Waals surface area contributed by atoms with Crippen molar-refractivity contribution in [3.63, 3.8) is 0 Å². The van der Waals surface area contributed by atoms with Crippen LogP contribution in [0.2, 0.25) is 0 Å². The highest BCUT2D eigenvalue weighted by molar-refractivity contribution is 5.96. The zero-order valence-corrected chi connectivity index (χ0v) is 16.5. The lowest BCUT2D eigenvalue weighted by molar-refractivity contribution is -0.125. The topological polar surface area (TPSA) is 64.7 Å². The van der Waals surface area contributed by atoms with Gasteiger partial charge in [-0.05, 0) is 32.3 Å². The van der Waals surface area contributed by atoms with Crippen molar-refractivity contribution >= 4 is 11.9 Å². The molecule has 1 saturated carbocycles. The molecule has 1 aromatic rings. The van der Waals surface area contributed by atoms with Gasteiger partial charge < -0.3 is 5.32 Å². The van der Waals surface area contributed by atoms with Crippen LogP contribution in [0.3, 0.4) is 0 Å². The van der Waals surface area contributed by atoms with Crippen LogP contribution in [0.4, 0.5) is 4.79 Å². The highest BCUT2D eigenvalue weighted by Crippen LogP contribution is 2.17. The average molecular weight is 373 g/mol. The summed E-state index contributed by atoms with van der Waals surface area (Å²) in [7, 11) is 0. The molecule has 2 N–H and O–H groups in total. The van der Waals surface area contributed by atoms with E-state index in [-0.39, 0.29) is 24.0 Å². The predicted molar refractivity (Wildman–Crippen MR) is 106 cm³/mol. The monoisotopic (exact) mass is 372 g/mol. The first-order chi connectivity index (χ1) is 13.0. The molecule has 3 amide bonds. The van der Waals surface area contributed by atoms with Crippen LogP contribution < -0.4 is 10.6 Å². The number of hydrogen-bond acceptors (Lipinski definition) is 4. The molecule has 2 aliphatic rings. The van der Waals surface area contributed by atoms with E-state index in [1.165, 1.54) is 11.1 Å². The summed E-state index contributed by atoms with van der Waals surface area (Å²) < 4.78 is 0. The van der Waals surface area contributed by atoms with Gasteiger partial charge in [-0.3, -0.25) is 19.9 Å². The molecule has 2 fully saturated rings. The lowest BCUT2D eigenvalue weighted by atomic mass is 10.1. The first-order valence-electron chi connectivity index (χ1n) is 10.1. The van der Waals surface area contributed by atoms with Crippen LogP contribution in [-0.2, 0) is 11.3 Å². The number of nitrogens with zero attached hydrogens (tertiary/aromatic N) is 2. The largest absolute Gasteiger partial charge is 0.335 e. The fraction of sp³-hybridized carbons (Fsp3) is 0.619. The maximum Gasteiger partial charge on any atom is 0.321 e. The molecule has 1 saturated heterocycles. The normalized spacial score (nSPS) is 20.4. The number of nitrogens with one attached hydrogen (secondary N) is 2. The molecule has 0 bridgehead atoms. The van der Waals surface area contributed by atoms with Crippen molar-refractivity contribution in [3.05, 3.63) is 35.4 Å². The Hall–Kier alpha value is -1.92. The number of amides is 3. The number of urea groups is 1. The summed E-state index contributed by atoms with van der Waals surface area (Å²) in [6, 6.07) is 8.19. The van der Waals surface area contributed by atoms with Crippen molar-refractivity contribution < 1.29 is 9.59 Å². The highest BCUT2D eigenvalue weighted by atomic mass is 16.2. The third-order valence-electron chi connectivity index (χ3n) is 5.75. The molecular weight excluding hydrogens is 340 g/mol. The molecule has 0 spiro atoms. The maximum absolute atomic E-state index is 12.4. The van der Waals surface area contributed by atoms with Gasteiger partial charge in [-0.1, -0.05) is 42.7 Å². The molecule has 148 valence electrons. The van der Waals surface area contributed by atoms with E-state index in [9.17, 15) is 9.59 Å². The van der Waals surface area contributed by atoms with E-state index in [1.807, 2.05) is 6.92 Å². The van der Waals surface area contributed by atoms with E-state index in [2.05, 4.69) is 51.6 Å². The summed E-state index contributed by atoms with van der Waals surface area (Å²) in [5, 5.41) is 5.43. The molecule has 27 heavy (non-hydrogen) atoms. The lowest BCUT2D eigenvalue weighted by Gasteiger charge is -2.37. The van der Waals surface area contributed by atoms with E-state index in [0.717, 1.165) is 58.4 Å². The predicted octanol–water partition coefficient (Wildman–Crippen LogP) is 2.27. The van der Waals surface area contributed by atoms with Gasteiger partial charge >= 0.3 is 6.03 Å². The Morgan fingerprint density at radius 1 is 1.15 bits per heavy atom. The second-order valence-electron chi connectivity index (χ2n) is 7.92. The molecule has 0 aromatic heterocycles. The quantitative estimate of drug-likeness (QED) is 0.832. The molecule has 1 unspecified atom stereocenters. The first kappa shape index (κ1) is 19.8. The number of hydrogen-bond donors (Lipinski definition) is 2. The van der Waals surface area contributed by atoms with E-state index in [4.69, 9.17) is 0 Å². The minimum absolute atomic E-state index is 0.211. The van der Waals surface area contributed by atoms with Crippen molar-refractivity contribution in [3.8, 4) is 0 Å². The molecule has 0 radical (unpaired) electrons. The summed E-state index contributed by atoms with van der Waals surface area (Å²) >= 11 is 0. The average Bonchev–Trinajstić information content (AvgIpc) is 3.14. The Bertz CT molecular complexity index is 649.